The van der Waals surface area contributed by atoms with Gasteiger partial charge in [-0.2, -0.15) is 4.57 Å². The van der Waals surface area contributed by atoms with Crippen LogP contribution in [0.15, 0.2) is 158 Å². The molecule has 1 atom stereocenters. The highest BCUT2D eigenvalue weighted by Crippen LogP contribution is 2.58. The first-order valence-corrected chi connectivity index (χ1v) is 18.0. The highest BCUT2D eigenvalue weighted by molar-refractivity contribution is 6.16. The molecule has 0 aliphatic carbocycles. The number of fused-ring (bicyclic) bond motifs is 9. The fraction of sp³-hybridized carbons (Fsp3) is 0.0213. The van der Waals surface area contributed by atoms with Gasteiger partial charge in [0.1, 0.15) is 16.6 Å². The van der Waals surface area contributed by atoms with Gasteiger partial charge in [-0.1, -0.05) is 97.1 Å². The summed E-state index contributed by atoms with van der Waals surface area (Å²) in [6.45, 7) is 0. The molecular weight excluding hydrogens is 637 g/mol. The molecule has 52 heavy (non-hydrogen) atoms. The van der Waals surface area contributed by atoms with Crippen LogP contribution in [0.5, 0.6) is 11.6 Å². The lowest BCUT2D eigenvalue weighted by molar-refractivity contribution is -0.932. The average molecular weight is 663 g/mol. The maximum Gasteiger partial charge on any atom is 0.379 e. The Bertz CT molecular complexity index is 3320. The molecule has 4 aliphatic rings. The smallest absolute Gasteiger partial charge is 0.379 e. The van der Waals surface area contributed by atoms with Crippen molar-refractivity contribution in [2.24, 2.45) is 0 Å². The molecule has 4 aliphatic heterocycles. The zero-order valence-electron chi connectivity index (χ0n) is 27.7. The molecule has 0 radical (unpaired) electrons. The van der Waals surface area contributed by atoms with Gasteiger partial charge in [-0.3, -0.25) is 0 Å². The van der Waals surface area contributed by atoms with Gasteiger partial charge in [0.05, 0.1) is 28.2 Å². The molecule has 10 aromatic rings. The monoisotopic (exact) mass is 662 g/mol. The summed E-state index contributed by atoms with van der Waals surface area (Å²) in [7, 11) is 0. The van der Waals surface area contributed by atoms with E-state index in [4.69, 9.17) is 4.74 Å². The summed E-state index contributed by atoms with van der Waals surface area (Å²) < 4.78 is 17.4. The quantitative estimate of drug-likeness (QED) is 0.169. The van der Waals surface area contributed by atoms with Gasteiger partial charge in [-0.25, -0.2) is 0 Å². The Morgan fingerprint density at radius 2 is 1.15 bits per heavy atom. The third kappa shape index (κ3) is 2.63. The highest BCUT2D eigenvalue weighted by atomic mass is 16.5. The van der Waals surface area contributed by atoms with E-state index in [0.717, 1.165) is 28.5 Å². The van der Waals surface area contributed by atoms with Crippen molar-refractivity contribution in [2.45, 2.75) is 5.66 Å². The van der Waals surface area contributed by atoms with Crippen LogP contribution in [0.4, 0.5) is 0 Å². The summed E-state index contributed by atoms with van der Waals surface area (Å²) in [4.78, 5) is 0. The molecule has 5 heteroatoms. The fourth-order valence-corrected chi connectivity index (χ4v) is 10.4. The molecule has 0 bridgehead atoms. The Morgan fingerprint density at radius 1 is 0.481 bits per heavy atom. The number of nitrogens with zero attached hydrogens (tertiary/aromatic N) is 4. The molecule has 5 nitrogen and oxygen atoms in total. The van der Waals surface area contributed by atoms with Crippen molar-refractivity contribution < 1.29 is 13.9 Å². The van der Waals surface area contributed by atoms with E-state index < -0.39 is 5.66 Å². The Morgan fingerprint density at radius 3 is 1.96 bits per heavy atom. The first kappa shape index (κ1) is 25.9. The second kappa shape index (κ2) is 8.48. The molecule has 0 saturated heterocycles. The van der Waals surface area contributed by atoms with Crippen LogP contribution in [0.25, 0.3) is 88.8 Å². The highest BCUT2D eigenvalue weighted by Gasteiger charge is 2.71. The molecule has 8 heterocycles. The van der Waals surface area contributed by atoms with Crippen molar-refractivity contribution in [3.8, 4) is 56.6 Å². The Hall–Kier alpha value is -6.98. The summed E-state index contributed by atoms with van der Waals surface area (Å²) in [6.07, 6.45) is 0. The number of rotatable bonds is 2. The Kier molecular flexibility index (Phi) is 4.23. The Balaban J connectivity index is 1.30. The second-order valence-corrected chi connectivity index (χ2v) is 14.5. The number of ether oxygens (including phenoxy) is 1. The van der Waals surface area contributed by atoms with Crippen LogP contribution in [-0.2, 0) is 5.66 Å². The molecule has 4 aromatic heterocycles. The summed E-state index contributed by atoms with van der Waals surface area (Å²) in [5.74, 6) is 1.74. The Labute approximate surface area is 297 Å². The zero-order chi connectivity index (χ0) is 33.4. The molecular formula is C47H26N4O+2. The summed E-state index contributed by atoms with van der Waals surface area (Å²) in [6, 6.07) is 57.9. The largest absolute Gasteiger partial charge is 0.404 e. The van der Waals surface area contributed by atoms with Crippen molar-refractivity contribution in [3.05, 3.63) is 169 Å². The SMILES string of the molecule is c1ccc(-c2cc3[n+]4c(c2)-c2cc(-c5ccccc5)c5c6ccccc6n6c5[n+]2C42c4c(cccc4-6)-n4c5ccccc5c5ccc(c2c54)O3)cc1. The van der Waals surface area contributed by atoms with Gasteiger partial charge < -0.3 is 9.30 Å². The molecule has 0 fully saturated rings. The van der Waals surface area contributed by atoms with E-state index in [1.807, 2.05) is 0 Å². The van der Waals surface area contributed by atoms with Gasteiger partial charge in [-0.15, -0.1) is 9.13 Å². The number of aromatic nitrogens is 4. The van der Waals surface area contributed by atoms with Gasteiger partial charge >= 0.3 is 17.2 Å². The minimum atomic E-state index is -0.726. The molecule has 0 N–H and O–H groups in total. The zero-order valence-corrected chi connectivity index (χ0v) is 27.7. The second-order valence-electron chi connectivity index (χ2n) is 14.5. The third-order valence-corrected chi connectivity index (χ3v) is 12.2. The van der Waals surface area contributed by atoms with Crippen LogP contribution in [0.1, 0.15) is 11.1 Å². The summed E-state index contributed by atoms with van der Waals surface area (Å²) in [5, 5.41) is 5.01. The lowest BCUT2D eigenvalue weighted by Gasteiger charge is -2.37. The van der Waals surface area contributed by atoms with E-state index in [-0.39, 0.29) is 0 Å². The van der Waals surface area contributed by atoms with Gasteiger partial charge in [0.25, 0.3) is 5.69 Å². The van der Waals surface area contributed by atoms with E-state index in [0.29, 0.717) is 0 Å². The van der Waals surface area contributed by atoms with E-state index >= 15 is 0 Å². The molecule has 1 spiro atoms. The third-order valence-electron chi connectivity index (χ3n) is 12.2. The number of pyridine rings is 2. The predicted molar refractivity (Wildman–Crippen MR) is 203 cm³/mol. The van der Waals surface area contributed by atoms with E-state index in [1.165, 1.54) is 83.1 Å². The van der Waals surface area contributed by atoms with Crippen LogP contribution < -0.4 is 13.9 Å². The van der Waals surface area contributed by atoms with Crippen LogP contribution in [0.2, 0.25) is 0 Å². The van der Waals surface area contributed by atoms with Crippen molar-refractivity contribution in [2.75, 3.05) is 0 Å². The summed E-state index contributed by atoms with van der Waals surface area (Å²) >= 11 is 0. The van der Waals surface area contributed by atoms with Gasteiger partial charge in [0, 0.05) is 33.9 Å². The first-order valence-electron chi connectivity index (χ1n) is 18.0. The standard InChI is InChI=1S/C47H26N4O/c1-3-12-27(13-4-1)29-24-38-39-26-33(28-14-5-2-6-15-28)42-32-17-8-10-19-35(32)49-37-21-11-20-36-43(37)47(51(39)46(42)49)44-40(52-41(25-29)50(38)47)23-22-31-30-16-7-9-18-34(30)48(36)45(31)44/h1-26H/q+2. The maximum absolute atomic E-state index is 7.17. The molecule has 0 amide bonds. The molecule has 6 aromatic carbocycles. The van der Waals surface area contributed by atoms with Crippen LogP contribution in [0.3, 0.4) is 0 Å². The minimum absolute atomic E-state index is 0.726. The van der Waals surface area contributed by atoms with Crippen LogP contribution in [-0.4, -0.2) is 9.13 Å². The predicted octanol–water partition coefficient (Wildman–Crippen LogP) is 9.80. The van der Waals surface area contributed by atoms with Crippen molar-refractivity contribution in [1.82, 2.24) is 9.13 Å². The minimum Gasteiger partial charge on any atom is -0.404 e. The van der Waals surface area contributed by atoms with Crippen molar-refractivity contribution >= 4 is 43.7 Å². The molecule has 0 saturated carbocycles. The number of benzene rings is 6. The van der Waals surface area contributed by atoms with Crippen LogP contribution in [0, 0.1) is 0 Å². The van der Waals surface area contributed by atoms with E-state index in [1.54, 1.807) is 0 Å². The maximum atomic E-state index is 7.17. The van der Waals surface area contributed by atoms with Crippen LogP contribution >= 0.6 is 0 Å². The first-order chi connectivity index (χ1) is 25.8. The normalized spacial score (nSPS) is 16.3. The van der Waals surface area contributed by atoms with Crippen molar-refractivity contribution in [3.63, 3.8) is 0 Å². The topological polar surface area (TPSA) is 26.8 Å². The molecule has 14 rings (SSSR count). The van der Waals surface area contributed by atoms with Gasteiger partial charge in [0.2, 0.25) is 5.69 Å². The average Bonchev–Trinajstić information content (AvgIpc) is 3.83. The lowest BCUT2D eigenvalue weighted by Crippen LogP contribution is -2.74. The van der Waals surface area contributed by atoms with E-state index in [9.17, 15) is 0 Å². The van der Waals surface area contributed by atoms with E-state index in [2.05, 4.69) is 176 Å². The fourth-order valence-electron chi connectivity index (χ4n) is 10.4. The molecule has 1 unspecified atom stereocenters. The van der Waals surface area contributed by atoms with Gasteiger partial charge in [-0.05, 0) is 59.2 Å². The number of para-hydroxylation sites is 2. The van der Waals surface area contributed by atoms with Gasteiger partial charge in [0.15, 0.2) is 11.4 Å². The number of hydrogen-bond acceptors (Lipinski definition) is 1. The lowest BCUT2D eigenvalue weighted by atomic mass is 9.81. The number of hydrogen-bond donors (Lipinski definition) is 0. The summed E-state index contributed by atoms with van der Waals surface area (Å²) in [5.41, 5.74) is 16.0. The van der Waals surface area contributed by atoms with Crippen molar-refractivity contribution in [1.29, 1.82) is 0 Å². The molecule has 238 valence electrons.